The highest BCUT2D eigenvalue weighted by molar-refractivity contribution is 5.94. The lowest BCUT2D eigenvalue weighted by atomic mass is 9.79. The summed E-state index contributed by atoms with van der Waals surface area (Å²) in [5, 5.41) is 12.8. The van der Waals surface area contributed by atoms with Crippen LogP contribution in [0.25, 0.3) is 0 Å². The topological polar surface area (TPSA) is 80.7 Å². The number of carbonyl (C=O) groups excluding carboxylic acids is 1. The third-order valence-corrected chi connectivity index (χ3v) is 4.59. The average molecular weight is 306 g/mol. The molecular weight excluding hydrogens is 284 g/mol. The van der Waals surface area contributed by atoms with Gasteiger partial charge in [-0.1, -0.05) is 0 Å². The molecule has 1 aromatic rings. The van der Waals surface area contributed by atoms with Crippen LogP contribution >= 0.6 is 0 Å². The lowest BCUT2D eigenvalue weighted by molar-refractivity contribution is -0.0259. The fraction of sp³-hybridized carbons (Fsp3) is 0.625. The van der Waals surface area contributed by atoms with E-state index in [2.05, 4.69) is 10.3 Å². The van der Waals surface area contributed by atoms with Crippen LogP contribution < -0.4 is 5.32 Å². The van der Waals surface area contributed by atoms with Gasteiger partial charge in [0.2, 0.25) is 0 Å². The average Bonchev–Trinajstić information content (AvgIpc) is 2.56. The number of amides is 1. The maximum absolute atomic E-state index is 12.4. The first kappa shape index (κ1) is 15.2. The summed E-state index contributed by atoms with van der Waals surface area (Å²) in [5.41, 5.74) is 0.0831. The van der Waals surface area contributed by atoms with Gasteiger partial charge >= 0.3 is 0 Å². The molecule has 0 aliphatic carbocycles. The molecule has 0 unspecified atom stereocenters. The second-order valence-electron chi connectivity index (χ2n) is 5.93. The van der Waals surface area contributed by atoms with E-state index in [1.165, 1.54) is 12.3 Å². The van der Waals surface area contributed by atoms with Crippen LogP contribution in [0.2, 0.25) is 0 Å². The number of hydrogen-bond acceptors (Lipinski definition) is 5. The van der Waals surface area contributed by atoms with Crippen molar-refractivity contribution in [2.24, 2.45) is 11.8 Å². The van der Waals surface area contributed by atoms with Crippen LogP contribution in [0.3, 0.4) is 0 Å². The Labute approximate surface area is 129 Å². The quantitative estimate of drug-likeness (QED) is 0.881. The molecule has 2 atom stereocenters. The molecular formula is C16H22N2O4. The van der Waals surface area contributed by atoms with Gasteiger partial charge in [-0.3, -0.25) is 4.79 Å². The summed E-state index contributed by atoms with van der Waals surface area (Å²) in [5.74, 6) is 0.404. The van der Waals surface area contributed by atoms with E-state index in [4.69, 9.17) is 9.47 Å². The Morgan fingerprint density at radius 3 is 2.77 bits per heavy atom. The Kier molecular flexibility index (Phi) is 4.90. The van der Waals surface area contributed by atoms with Gasteiger partial charge in [-0.25, -0.2) is 4.98 Å². The molecule has 0 bridgehead atoms. The number of hydrogen-bond donors (Lipinski definition) is 2. The zero-order valence-corrected chi connectivity index (χ0v) is 12.5. The fourth-order valence-corrected chi connectivity index (χ4v) is 3.36. The molecule has 120 valence electrons. The molecule has 22 heavy (non-hydrogen) atoms. The van der Waals surface area contributed by atoms with Crippen molar-refractivity contribution in [1.29, 1.82) is 0 Å². The Hall–Kier alpha value is -1.66. The van der Waals surface area contributed by atoms with Gasteiger partial charge in [0.05, 0.1) is 6.61 Å². The first-order valence-corrected chi connectivity index (χ1v) is 7.86. The molecule has 6 heteroatoms. The summed E-state index contributed by atoms with van der Waals surface area (Å²) < 4.78 is 11.0. The van der Waals surface area contributed by atoms with Gasteiger partial charge in [-0.05, 0) is 37.3 Å². The van der Waals surface area contributed by atoms with Gasteiger partial charge in [0.1, 0.15) is 5.75 Å². The normalized spacial score (nSPS) is 26.5. The van der Waals surface area contributed by atoms with Crippen LogP contribution in [-0.4, -0.2) is 48.5 Å². The first-order valence-electron chi connectivity index (χ1n) is 7.86. The SMILES string of the molecule is O=C(N[C@@H]1CCOC[C@@H]1C1CCOCC1)c1ncccc1O. The summed E-state index contributed by atoms with van der Waals surface area (Å²) in [7, 11) is 0. The van der Waals surface area contributed by atoms with E-state index in [1.807, 2.05) is 0 Å². The zero-order chi connectivity index (χ0) is 15.4. The van der Waals surface area contributed by atoms with Crippen molar-refractivity contribution in [2.75, 3.05) is 26.4 Å². The van der Waals surface area contributed by atoms with E-state index < -0.39 is 0 Å². The summed E-state index contributed by atoms with van der Waals surface area (Å²) >= 11 is 0. The molecule has 2 saturated heterocycles. The third-order valence-electron chi connectivity index (χ3n) is 4.59. The van der Waals surface area contributed by atoms with Crippen molar-refractivity contribution >= 4 is 5.91 Å². The van der Waals surface area contributed by atoms with Gasteiger partial charge in [0, 0.05) is 38.0 Å². The Bertz CT molecular complexity index is 517. The number of rotatable bonds is 3. The molecule has 0 saturated carbocycles. The monoisotopic (exact) mass is 306 g/mol. The Morgan fingerprint density at radius 2 is 2.00 bits per heavy atom. The van der Waals surface area contributed by atoms with Crippen molar-refractivity contribution < 1.29 is 19.4 Å². The molecule has 2 aliphatic rings. The van der Waals surface area contributed by atoms with E-state index in [9.17, 15) is 9.90 Å². The van der Waals surface area contributed by atoms with Crippen molar-refractivity contribution in [2.45, 2.75) is 25.3 Å². The second-order valence-corrected chi connectivity index (χ2v) is 5.93. The minimum atomic E-state index is -0.318. The van der Waals surface area contributed by atoms with E-state index >= 15 is 0 Å². The highest BCUT2D eigenvalue weighted by atomic mass is 16.5. The van der Waals surface area contributed by atoms with Crippen molar-refractivity contribution in [1.82, 2.24) is 10.3 Å². The molecule has 0 aromatic carbocycles. The van der Waals surface area contributed by atoms with Crippen LogP contribution in [0.15, 0.2) is 18.3 Å². The van der Waals surface area contributed by atoms with E-state index in [-0.39, 0.29) is 23.4 Å². The zero-order valence-electron chi connectivity index (χ0n) is 12.5. The number of aromatic hydroxyl groups is 1. The summed E-state index contributed by atoms with van der Waals surface area (Å²) in [6.07, 6.45) is 4.32. The molecule has 0 radical (unpaired) electrons. The fourth-order valence-electron chi connectivity index (χ4n) is 3.36. The van der Waals surface area contributed by atoms with Gasteiger partial charge in [-0.15, -0.1) is 0 Å². The molecule has 6 nitrogen and oxygen atoms in total. The minimum Gasteiger partial charge on any atom is -0.505 e. The van der Waals surface area contributed by atoms with Gasteiger partial charge in [0.15, 0.2) is 5.69 Å². The summed E-state index contributed by atoms with van der Waals surface area (Å²) in [4.78, 5) is 16.3. The molecule has 2 N–H and O–H groups in total. The van der Waals surface area contributed by atoms with Crippen LogP contribution in [0, 0.1) is 11.8 Å². The number of ether oxygens (including phenoxy) is 2. The molecule has 3 heterocycles. The third kappa shape index (κ3) is 3.39. The molecule has 2 aliphatic heterocycles. The van der Waals surface area contributed by atoms with Crippen molar-refractivity contribution in [3.63, 3.8) is 0 Å². The number of carbonyl (C=O) groups is 1. The predicted octanol–water partition coefficient (Wildman–Crippen LogP) is 1.35. The van der Waals surface area contributed by atoms with E-state index in [0.29, 0.717) is 25.0 Å². The van der Waals surface area contributed by atoms with Crippen molar-refractivity contribution in [3.8, 4) is 5.75 Å². The lowest BCUT2D eigenvalue weighted by Gasteiger charge is -2.38. The Morgan fingerprint density at radius 1 is 1.23 bits per heavy atom. The maximum Gasteiger partial charge on any atom is 0.273 e. The lowest BCUT2D eigenvalue weighted by Crippen LogP contribution is -2.49. The first-order chi connectivity index (χ1) is 10.8. The van der Waals surface area contributed by atoms with Crippen molar-refractivity contribution in [3.05, 3.63) is 24.0 Å². The Balaban J connectivity index is 1.68. The van der Waals surface area contributed by atoms with Crippen LogP contribution in [0.5, 0.6) is 5.75 Å². The van der Waals surface area contributed by atoms with E-state index in [0.717, 1.165) is 32.5 Å². The largest absolute Gasteiger partial charge is 0.505 e. The highest BCUT2D eigenvalue weighted by Gasteiger charge is 2.34. The molecule has 3 rings (SSSR count). The van der Waals surface area contributed by atoms with E-state index in [1.54, 1.807) is 6.07 Å². The molecule has 1 amide bonds. The standard InChI is InChI=1S/C16H22N2O4/c19-14-2-1-6-17-15(14)16(20)18-13-5-9-22-10-12(13)11-3-7-21-8-4-11/h1-2,6,11-13,19H,3-5,7-10H2,(H,18,20)/t12-,13-/m1/s1. The number of aromatic nitrogens is 1. The number of nitrogens with one attached hydrogen (secondary N) is 1. The summed E-state index contributed by atoms with van der Waals surface area (Å²) in [6.45, 7) is 2.88. The van der Waals surface area contributed by atoms with Gasteiger partial charge in [-0.2, -0.15) is 0 Å². The molecule has 1 aromatic heterocycles. The van der Waals surface area contributed by atoms with Gasteiger partial charge < -0.3 is 19.9 Å². The number of nitrogens with zero attached hydrogens (tertiary/aromatic N) is 1. The predicted molar refractivity (Wildman–Crippen MR) is 79.6 cm³/mol. The van der Waals surface area contributed by atoms with Crippen LogP contribution in [0.4, 0.5) is 0 Å². The van der Waals surface area contributed by atoms with Crippen LogP contribution in [0.1, 0.15) is 29.8 Å². The minimum absolute atomic E-state index is 0.0609. The molecule has 2 fully saturated rings. The smallest absolute Gasteiger partial charge is 0.273 e. The molecule has 0 spiro atoms. The highest BCUT2D eigenvalue weighted by Crippen LogP contribution is 2.30. The maximum atomic E-state index is 12.4. The second kappa shape index (κ2) is 7.07. The summed E-state index contributed by atoms with van der Waals surface area (Å²) in [6, 6.07) is 3.14. The van der Waals surface area contributed by atoms with Gasteiger partial charge in [0.25, 0.3) is 5.91 Å². The van der Waals surface area contributed by atoms with Crippen LogP contribution in [-0.2, 0) is 9.47 Å². The number of pyridine rings is 1.